The molecule has 0 radical (unpaired) electrons. The van der Waals surface area contributed by atoms with Crippen LogP contribution in [0.3, 0.4) is 0 Å². The van der Waals surface area contributed by atoms with E-state index in [1.54, 1.807) is 48.5 Å². The molecule has 0 saturated heterocycles. The van der Waals surface area contributed by atoms with Crippen LogP contribution in [0, 0.1) is 5.82 Å². The summed E-state index contributed by atoms with van der Waals surface area (Å²) in [6, 6.07) is 20.7. The number of halogens is 1. The second-order valence-electron chi connectivity index (χ2n) is 4.98. The lowest BCUT2D eigenvalue weighted by atomic mass is 10.0. The molecule has 0 aromatic heterocycles. The van der Waals surface area contributed by atoms with Crippen LogP contribution in [0.1, 0.15) is 15.9 Å². The van der Waals surface area contributed by atoms with E-state index >= 15 is 0 Å². The molecule has 0 aliphatic heterocycles. The first kappa shape index (κ1) is 15.3. The summed E-state index contributed by atoms with van der Waals surface area (Å²) in [6.45, 7) is 0. The van der Waals surface area contributed by atoms with Crippen LogP contribution in [0.15, 0.2) is 82.6 Å². The molecule has 0 bridgehead atoms. The van der Waals surface area contributed by atoms with Gasteiger partial charge in [0, 0.05) is 26.6 Å². The van der Waals surface area contributed by atoms with Gasteiger partial charge < -0.3 is 5.73 Å². The fourth-order valence-corrected chi connectivity index (χ4v) is 3.05. The average Bonchev–Trinajstić information content (AvgIpc) is 2.58. The van der Waals surface area contributed by atoms with Crippen molar-refractivity contribution in [3.63, 3.8) is 0 Å². The minimum Gasteiger partial charge on any atom is -0.398 e. The molecular weight excluding hydrogens is 309 g/mol. The van der Waals surface area contributed by atoms with Crippen LogP contribution >= 0.6 is 11.8 Å². The zero-order valence-electron chi connectivity index (χ0n) is 12.2. The highest BCUT2D eigenvalue weighted by atomic mass is 32.2. The van der Waals surface area contributed by atoms with Crippen molar-refractivity contribution in [3.8, 4) is 0 Å². The number of hydrogen-bond acceptors (Lipinski definition) is 3. The Morgan fingerprint density at radius 1 is 0.826 bits per heavy atom. The first-order chi connectivity index (χ1) is 11.1. The van der Waals surface area contributed by atoms with Crippen molar-refractivity contribution in [1.29, 1.82) is 0 Å². The van der Waals surface area contributed by atoms with E-state index < -0.39 is 0 Å². The van der Waals surface area contributed by atoms with Crippen LogP contribution in [-0.4, -0.2) is 5.78 Å². The molecule has 0 aliphatic carbocycles. The van der Waals surface area contributed by atoms with Gasteiger partial charge >= 0.3 is 0 Å². The molecule has 2 N–H and O–H groups in total. The van der Waals surface area contributed by atoms with E-state index in [2.05, 4.69) is 0 Å². The van der Waals surface area contributed by atoms with Gasteiger partial charge in [-0.3, -0.25) is 4.79 Å². The standard InChI is InChI=1S/C19H14FNOS/c20-15-8-4-5-9-17(15)23-18-11-10-14(12-16(18)21)19(22)13-6-2-1-3-7-13/h1-12H,21H2. The van der Waals surface area contributed by atoms with Crippen molar-refractivity contribution < 1.29 is 9.18 Å². The molecule has 114 valence electrons. The molecule has 0 heterocycles. The second kappa shape index (κ2) is 6.67. The third-order valence-corrected chi connectivity index (χ3v) is 4.51. The Morgan fingerprint density at radius 2 is 1.52 bits per heavy atom. The molecule has 2 nitrogen and oxygen atoms in total. The molecule has 23 heavy (non-hydrogen) atoms. The summed E-state index contributed by atoms with van der Waals surface area (Å²) >= 11 is 1.25. The van der Waals surface area contributed by atoms with E-state index in [1.165, 1.54) is 17.8 Å². The van der Waals surface area contributed by atoms with Gasteiger partial charge in [0.15, 0.2) is 5.78 Å². The van der Waals surface area contributed by atoms with Gasteiger partial charge in [-0.25, -0.2) is 4.39 Å². The van der Waals surface area contributed by atoms with E-state index in [0.717, 1.165) is 4.90 Å². The Labute approximate surface area is 138 Å². The van der Waals surface area contributed by atoms with Crippen molar-refractivity contribution in [2.75, 3.05) is 5.73 Å². The molecule has 0 saturated carbocycles. The Bertz CT molecular complexity index is 849. The zero-order chi connectivity index (χ0) is 16.2. The highest BCUT2D eigenvalue weighted by Crippen LogP contribution is 2.34. The number of carbonyl (C=O) groups is 1. The fraction of sp³-hybridized carbons (Fsp3) is 0. The number of nitrogens with two attached hydrogens (primary N) is 1. The lowest BCUT2D eigenvalue weighted by molar-refractivity contribution is 0.103. The monoisotopic (exact) mass is 323 g/mol. The molecule has 3 aromatic carbocycles. The summed E-state index contributed by atoms with van der Waals surface area (Å²) in [7, 11) is 0. The molecule has 0 amide bonds. The number of nitrogen functional groups attached to an aromatic ring is 1. The van der Waals surface area contributed by atoms with Crippen LogP contribution in [0.2, 0.25) is 0 Å². The smallest absolute Gasteiger partial charge is 0.193 e. The number of anilines is 1. The lowest BCUT2D eigenvalue weighted by Gasteiger charge is -2.08. The highest BCUT2D eigenvalue weighted by molar-refractivity contribution is 7.99. The maximum atomic E-state index is 13.7. The van der Waals surface area contributed by atoms with Gasteiger partial charge in [-0.1, -0.05) is 54.2 Å². The van der Waals surface area contributed by atoms with Crippen LogP contribution in [-0.2, 0) is 0 Å². The van der Waals surface area contributed by atoms with Crippen molar-refractivity contribution in [1.82, 2.24) is 0 Å². The fourth-order valence-electron chi connectivity index (χ4n) is 2.18. The minimum absolute atomic E-state index is 0.0836. The van der Waals surface area contributed by atoms with E-state index in [0.29, 0.717) is 21.7 Å². The molecule has 0 spiro atoms. The number of carbonyl (C=O) groups excluding carboxylic acids is 1. The molecule has 0 atom stereocenters. The summed E-state index contributed by atoms with van der Waals surface area (Å²) < 4.78 is 13.7. The third kappa shape index (κ3) is 3.43. The van der Waals surface area contributed by atoms with Crippen molar-refractivity contribution in [2.24, 2.45) is 0 Å². The first-order valence-electron chi connectivity index (χ1n) is 7.07. The molecule has 3 aromatic rings. The molecule has 3 rings (SSSR count). The summed E-state index contributed by atoms with van der Waals surface area (Å²) in [6.07, 6.45) is 0. The summed E-state index contributed by atoms with van der Waals surface area (Å²) in [5.41, 5.74) is 7.63. The maximum Gasteiger partial charge on any atom is 0.193 e. The number of ketones is 1. The summed E-state index contributed by atoms with van der Waals surface area (Å²) in [5, 5.41) is 0. The van der Waals surface area contributed by atoms with Gasteiger partial charge in [0.2, 0.25) is 0 Å². The van der Waals surface area contributed by atoms with Crippen molar-refractivity contribution >= 4 is 23.2 Å². The molecule has 0 fully saturated rings. The zero-order valence-corrected chi connectivity index (χ0v) is 13.0. The maximum absolute atomic E-state index is 13.7. The predicted octanol–water partition coefficient (Wildman–Crippen LogP) is 4.79. The molecule has 0 aliphatic rings. The largest absolute Gasteiger partial charge is 0.398 e. The van der Waals surface area contributed by atoms with Gasteiger partial charge in [-0.2, -0.15) is 0 Å². The van der Waals surface area contributed by atoms with Crippen molar-refractivity contribution in [2.45, 2.75) is 9.79 Å². The second-order valence-corrected chi connectivity index (χ2v) is 6.06. The molecule has 4 heteroatoms. The SMILES string of the molecule is Nc1cc(C(=O)c2ccccc2)ccc1Sc1ccccc1F. The quantitative estimate of drug-likeness (QED) is 0.554. The Balaban J connectivity index is 1.87. The van der Waals surface area contributed by atoms with Gasteiger partial charge in [0.05, 0.1) is 0 Å². The predicted molar refractivity (Wildman–Crippen MR) is 91.3 cm³/mol. The molecular formula is C19H14FNOS. The number of rotatable bonds is 4. The van der Waals surface area contributed by atoms with Crippen LogP contribution < -0.4 is 5.73 Å². The van der Waals surface area contributed by atoms with Crippen LogP contribution in [0.25, 0.3) is 0 Å². The molecule has 0 unspecified atom stereocenters. The summed E-state index contributed by atoms with van der Waals surface area (Å²) in [5.74, 6) is -0.374. The average molecular weight is 323 g/mol. The number of benzene rings is 3. The normalized spacial score (nSPS) is 10.5. The van der Waals surface area contributed by atoms with Gasteiger partial charge in [-0.05, 0) is 30.3 Å². The Hall–Kier alpha value is -2.59. The topological polar surface area (TPSA) is 43.1 Å². The van der Waals surface area contributed by atoms with E-state index in [9.17, 15) is 9.18 Å². The third-order valence-electron chi connectivity index (χ3n) is 3.36. The van der Waals surface area contributed by atoms with E-state index in [4.69, 9.17) is 5.73 Å². The van der Waals surface area contributed by atoms with E-state index in [1.807, 2.05) is 18.2 Å². The lowest BCUT2D eigenvalue weighted by Crippen LogP contribution is -2.02. The van der Waals surface area contributed by atoms with Crippen LogP contribution in [0.5, 0.6) is 0 Å². The Morgan fingerprint density at radius 3 is 2.22 bits per heavy atom. The first-order valence-corrected chi connectivity index (χ1v) is 7.88. The van der Waals surface area contributed by atoms with Gasteiger partial charge in [-0.15, -0.1) is 0 Å². The minimum atomic E-state index is -0.290. The van der Waals surface area contributed by atoms with Gasteiger partial charge in [0.25, 0.3) is 0 Å². The van der Waals surface area contributed by atoms with Crippen molar-refractivity contribution in [3.05, 3.63) is 89.7 Å². The van der Waals surface area contributed by atoms with Crippen LogP contribution in [0.4, 0.5) is 10.1 Å². The van der Waals surface area contributed by atoms with E-state index in [-0.39, 0.29) is 11.6 Å². The highest BCUT2D eigenvalue weighted by Gasteiger charge is 2.12. The summed E-state index contributed by atoms with van der Waals surface area (Å²) in [4.78, 5) is 13.6. The Kier molecular flexibility index (Phi) is 4.44. The van der Waals surface area contributed by atoms with Gasteiger partial charge in [0.1, 0.15) is 5.82 Å². The number of hydrogen-bond donors (Lipinski definition) is 1.